The predicted octanol–water partition coefficient (Wildman–Crippen LogP) is 1.69. The summed E-state index contributed by atoms with van der Waals surface area (Å²) in [6.07, 6.45) is 2.99. The van der Waals surface area contributed by atoms with Crippen LogP contribution in [0.3, 0.4) is 0 Å². The Morgan fingerprint density at radius 2 is 1.80 bits per heavy atom. The smallest absolute Gasteiger partial charge is 0.141 e. The van der Waals surface area contributed by atoms with E-state index in [1.54, 1.807) is 12.1 Å². The van der Waals surface area contributed by atoms with Crippen molar-refractivity contribution >= 4 is 5.71 Å². The molecule has 4 nitrogen and oxygen atoms in total. The van der Waals surface area contributed by atoms with Gasteiger partial charge >= 0.3 is 0 Å². The van der Waals surface area contributed by atoms with Gasteiger partial charge in [-0.05, 0) is 24.6 Å². The molecule has 0 saturated heterocycles. The molecule has 2 rings (SSSR count). The maximum Gasteiger partial charge on any atom is 0.141 e. The fourth-order valence-electron chi connectivity index (χ4n) is 1.17. The Bertz CT molecular complexity index is 459. The molecule has 0 spiro atoms. The lowest BCUT2D eigenvalue weighted by Gasteiger charge is -1.99. The lowest BCUT2D eigenvalue weighted by atomic mass is 10.1. The van der Waals surface area contributed by atoms with Gasteiger partial charge in [-0.2, -0.15) is 5.10 Å². The van der Waals surface area contributed by atoms with Crippen LogP contribution in [0.5, 0.6) is 0 Å². The van der Waals surface area contributed by atoms with Crippen molar-refractivity contribution < 1.29 is 4.39 Å². The normalized spacial score (nSPS) is 11.7. The molecule has 5 heteroatoms. The van der Waals surface area contributed by atoms with Crippen molar-refractivity contribution in [1.29, 1.82) is 0 Å². The Hall–Kier alpha value is -2.04. The third-order valence-corrected chi connectivity index (χ3v) is 1.93. The van der Waals surface area contributed by atoms with Gasteiger partial charge in [0.15, 0.2) is 0 Å². The van der Waals surface area contributed by atoms with Crippen LogP contribution in [0.15, 0.2) is 42.0 Å². The van der Waals surface area contributed by atoms with E-state index in [2.05, 4.69) is 15.3 Å². The molecule has 0 fully saturated rings. The molecule has 1 aromatic heterocycles. The minimum atomic E-state index is -0.254. The summed E-state index contributed by atoms with van der Waals surface area (Å²) in [5, 5.41) is 11.5. The minimum absolute atomic E-state index is 0.254. The number of benzene rings is 1. The maximum atomic E-state index is 12.7. The zero-order valence-electron chi connectivity index (χ0n) is 8.13. The SMILES string of the molecule is C/C(=N/n1cnnc1)c1ccc(F)cc1. The molecular formula is C10H9FN4. The topological polar surface area (TPSA) is 43.1 Å². The monoisotopic (exact) mass is 204 g/mol. The lowest BCUT2D eigenvalue weighted by Crippen LogP contribution is -1.98. The van der Waals surface area contributed by atoms with Crippen molar-refractivity contribution in [3.63, 3.8) is 0 Å². The van der Waals surface area contributed by atoms with E-state index < -0.39 is 0 Å². The first-order valence-corrected chi connectivity index (χ1v) is 4.42. The van der Waals surface area contributed by atoms with Crippen LogP contribution in [0.25, 0.3) is 0 Å². The highest BCUT2D eigenvalue weighted by Crippen LogP contribution is 2.04. The first-order valence-electron chi connectivity index (χ1n) is 4.42. The summed E-state index contributed by atoms with van der Waals surface area (Å²) in [6, 6.07) is 6.16. The Labute approximate surface area is 86.1 Å². The molecule has 1 heterocycles. The third kappa shape index (κ3) is 2.25. The summed E-state index contributed by atoms with van der Waals surface area (Å²) in [4.78, 5) is 0. The van der Waals surface area contributed by atoms with Crippen LogP contribution in [0.4, 0.5) is 4.39 Å². The first kappa shape index (κ1) is 9.51. The molecule has 0 amide bonds. The second-order valence-electron chi connectivity index (χ2n) is 3.03. The summed E-state index contributed by atoms with van der Waals surface area (Å²) in [5.41, 5.74) is 1.64. The second-order valence-corrected chi connectivity index (χ2v) is 3.03. The van der Waals surface area contributed by atoms with Crippen LogP contribution < -0.4 is 0 Å². The molecule has 0 N–H and O–H groups in total. The van der Waals surface area contributed by atoms with Gasteiger partial charge in [-0.3, -0.25) is 0 Å². The lowest BCUT2D eigenvalue weighted by molar-refractivity contribution is 0.628. The summed E-state index contributed by atoms with van der Waals surface area (Å²) in [6.45, 7) is 1.84. The summed E-state index contributed by atoms with van der Waals surface area (Å²) >= 11 is 0. The molecule has 2 aromatic rings. The van der Waals surface area contributed by atoms with Gasteiger partial charge in [-0.1, -0.05) is 12.1 Å². The number of halogens is 1. The highest BCUT2D eigenvalue weighted by atomic mass is 19.1. The molecule has 0 aliphatic carbocycles. The van der Waals surface area contributed by atoms with Crippen molar-refractivity contribution in [3.05, 3.63) is 48.3 Å². The third-order valence-electron chi connectivity index (χ3n) is 1.93. The first-order chi connectivity index (χ1) is 7.25. The van der Waals surface area contributed by atoms with Crippen molar-refractivity contribution in [2.75, 3.05) is 0 Å². The van der Waals surface area contributed by atoms with Gasteiger partial charge < -0.3 is 0 Å². The Morgan fingerprint density at radius 3 is 2.40 bits per heavy atom. The van der Waals surface area contributed by atoms with E-state index in [0.29, 0.717) is 0 Å². The van der Waals surface area contributed by atoms with Gasteiger partial charge in [0.05, 0.1) is 5.71 Å². The molecule has 0 saturated carbocycles. The Morgan fingerprint density at radius 1 is 1.20 bits per heavy atom. The average Bonchev–Trinajstić information content (AvgIpc) is 2.71. The van der Waals surface area contributed by atoms with Gasteiger partial charge in [-0.15, -0.1) is 10.2 Å². The number of nitrogens with zero attached hydrogens (tertiary/aromatic N) is 4. The molecular weight excluding hydrogens is 195 g/mol. The quantitative estimate of drug-likeness (QED) is 0.698. The van der Waals surface area contributed by atoms with Crippen LogP contribution in [-0.4, -0.2) is 20.6 Å². The highest BCUT2D eigenvalue weighted by molar-refractivity contribution is 5.98. The van der Waals surface area contributed by atoms with Gasteiger partial charge in [-0.25, -0.2) is 9.07 Å². The van der Waals surface area contributed by atoms with Crippen LogP contribution in [0.1, 0.15) is 12.5 Å². The van der Waals surface area contributed by atoms with E-state index >= 15 is 0 Å². The molecule has 0 aliphatic heterocycles. The van der Waals surface area contributed by atoms with E-state index in [-0.39, 0.29) is 5.82 Å². The van der Waals surface area contributed by atoms with E-state index in [1.807, 2.05) is 6.92 Å². The Balaban J connectivity index is 2.28. The van der Waals surface area contributed by atoms with Crippen LogP contribution >= 0.6 is 0 Å². The fraction of sp³-hybridized carbons (Fsp3) is 0.100. The zero-order valence-corrected chi connectivity index (χ0v) is 8.13. The summed E-state index contributed by atoms with van der Waals surface area (Å²) < 4.78 is 14.2. The number of rotatable bonds is 2. The molecule has 0 unspecified atom stereocenters. The van der Waals surface area contributed by atoms with Crippen molar-refractivity contribution in [3.8, 4) is 0 Å². The molecule has 0 bridgehead atoms. The zero-order chi connectivity index (χ0) is 10.7. The van der Waals surface area contributed by atoms with Gasteiger partial charge in [0.1, 0.15) is 18.5 Å². The van der Waals surface area contributed by atoms with Crippen molar-refractivity contribution in [2.45, 2.75) is 6.92 Å². The standard InChI is InChI=1S/C10H9FN4/c1-8(14-15-6-12-13-7-15)9-2-4-10(11)5-3-9/h2-7H,1H3/b14-8-. The second kappa shape index (κ2) is 4.00. The summed E-state index contributed by atoms with van der Waals surface area (Å²) in [7, 11) is 0. The Kier molecular flexibility index (Phi) is 2.53. The van der Waals surface area contributed by atoms with Gasteiger partial charge in [0.25, 0.3) is 0 Å². The predicted molar refractivity (Wildman–Crippen MR) is 54.0 cm³/mol. The highest BCUT2D eigenvalue weighted by Gasteiger charge is 1.98. The summed E-state index contributed by atoms with van der Waals surface area (Å²) in [5.74, 6) is -0.254. The van der Waals surface area contributed by atoms with Gasteiger partial charge in [0.2, 0.25) is 0 Å². The van der Waals surface area contributed by atoms with Crippen LogP contribution in [0, 0.1) is 5.82 Å². The van der Waals surface area contributed by atoms with E-state index in [4.69, 9.17) is 0 Å². The van der Waals surface area contributed by atoms with Crippen LogP contribution in [-0.2, 0) is 0 Å². The van der Waals surface area contributed by atoms with E-state index in [9.17, 15) is 4.39 Å². The molecule has 0 atom stereocenters. The number of hydrogen-bond donors (Lipinski definition) is 0. The van der Waals surface area contributed by atoms with Crippen molar-refractivity contribution in [1.82, 2.24) is 14.9 Å². The molecule has 76 valence electrons. The maximum absolute atomic E-state index is 12.7. The number of aromatic nitrogens is 3. The van der Waals surface area contributed by atoms with Crippen LogP contribution in [0.2, 0.25) is 0 Å². The number of hydrogen-bond acceptors (Lipinski definition) is 3. The molecule has 15 heavy (non-hydrogen) atoms. The average molecular weight is 204 g/mol. The van der Waals surface area contributed by atoms with E-state index in [0.717, 1.165) is 11.3 Å². The van der Waals surface area contributed by atoms with Gasteiger partial charge in [0, 0.05) is 0 Å². The molecule has 1 aromatic carbocycles. The van der Waals surface area contributed by atoms with Crippen molar-refractivity contribution in [2.24, 2.45) is 5.10 Å². The molecule has 0 radical (unpaired) electrons. The largest absolute Gasteiger partial charge is 0.207 e. The van der Waals surface area contributed by atoms with E-state index in [1.165, 1.54) is 29.5 Å². The fourth-order valence-corrected chi connectivity index (χ4v) is 1.17. The molecule has 0 aliphatic rings. The minimum Gasteiger partial charge on any atom is -0.207 e.